The fourth-order valence-corrected chi connectivity index (χ4v) is 8.46. The Morgan fingerprint density at radius 1 is 0.549 bits per heavy atom. The second-order valence-corrected chi connectivity index (χ2v) is 19.7. The highest BCUT2D eigenvalue weighted by molar-refractivity contribution is 5.80. The molecule has 0 bridgehead atoms. The van der Waals surface area contributed by atoms with Crippen molar-refractivity contribution in [2.45, 2.75) is 282 Å². The van der Waals surface area contributed by atoms with E-state index in [1.165, 1.54) is 103 Å². The van der Waals surface area contributed by atoms with Gasteiger partial charge in [-0.2, -0.15) is 0 Å². The molecule has 0 radical (unpaired) electrons. The molecule has 1 aliphatic rings. The van der Waals surface area contributed by atoms with Crippen molar-refractivity contribution in [1.29, 1.82) is 0 Å². The fraction of sp³-hybridized carbons (Fsp3) is 0.767. The second-order valence-electron chi connectivity index (χ2n) is 19.7. The van der Waals surface area contributed by atoms with Gasteiger partial charge in [-0.15, -0.1) is 0 Å². The maximum absolute atomic E-state index is 13.3. The van der Waals surface area contributed by atoms with Crippen LogP contribution in [0.2, 0.25) is 0 Å². The van der Waals surface area contributed by atoms with E-state index in [2.05, 4.69) is 74.7 Å². The van der Waals surface area contributed by atoms with Crippen molar-refractivity contribution in [1.82, 2.24) is 5.32 Å². The van der Waals surface area contributed by atoms with E-state index in [9.17, 15) is 35.1 Å². The van der Waals surface area contributed by atoms with Crippen molar-refractivity contribution in [3.63, 3.8) is 0 Å². The molecule has 0 aromatic heterocycles. The summed E-state index contributed by atoms with van der Waals surface area (Å²) >= 11 is 0. The first-order valence-corrected chi connectivity index (χ1v) is 28.7. The van der Waals surface area contributed by atoms with Crippen LogP contribution in [0.1, 0.15) is 233 Å². The van der Waals surface area contributed by atoms with Gasteiger partial charge in [0.2, 0.25) is 5.91 Å². The lowest BCUT2D eigenvalue weighted by molar-refractivity contribution is -0.305. The molecular formula is C60H105NO10. The molecule has 8 unspecified atom stereocenters. The zero-order valence-corrected chi connectivity index (χ0v) is 45.1. The molecule has 1 amide bonds. The number of allylic oxidation sites excluding steroid dienone is 11. The fourth-order valence-electron chi connectivity index (χ4n) is 8.46. The number of esters is 1. The van der Waals surface area contributed by atoms with E-state index in [-0.39, 0.29) is 19.4 Å². The SMILES string of the molecule is CCCCC/C=C\C/C=C\C/C=C\C/C=C\CCC(O)C(=O)NC(COC1OC(CO)C(O)C(O)C1OC(=O)CCCCCCCCC/C=C\CCCCCC)C(O)/C=C/CCCCCCCCCCC. The lowest BCUT2D eigenvalue weighted by Gasteiger charge is -2.41. The molecule has 1 heterocycles. The van der Waals surface area contributed by atoms with E-state index in [4.69, 9.17) is 14.2 Å². The van der Waals surface area contributed by atoms with Crippen LogP contribution < -0.4 is 5.32 Å². The number of amides is 1. The number of aliphatic hydroxyl groups excluding tert-OH is 5. The van der Waals surface area contributed by atoms with Gasteiger partial charge in [0.25, 0.3) is 0 Å². The van der Waals surface area contributed by atoms with Gasteiger partial charge in [0, 0.05) is 6.42 Å². The number of rotatable bonds is 47. The average Bonchev–Trinajstić information content (AvgIpc) is 3.37. The predicted molar refractivity (Wildman–Crippen MR) is 292 cm³/mol. The van der Waals surface area contributed by atoms with Gasteiger partial charge < -0.3 is 45.1 Å². The third-order valence-corrected chi connectivity index (χ3v) is 13.1. The van der Waals surface area contributed by atoms with Crippen LogP contribution in [-0.2, 0) is 23.8 Å². The molecule has 0 aromatic carbocycles. The highest BCUT2D eigenvalue weighted by atomic mass is 16.7. The van der Waals surface area contributed by atoms with Crippen molar-refractivity contribution in [3.05, 3.63) is 72.9 Å². The Balaban J connectivity index is 2.77. The van der Waals surface area contributed by atoms with Gasteiger partial charge in [-0.3, -0.25) is 9.59 Å². The summed E-state index contributed by atoms with van der Waals surface area (Å²) in [5.74, 6) is -1.26. The highest BCUT2D eigenvalue weighted by Gasteiger charge is 2.47. The minimum Gasteiger partial charge on any atom is -0.454 e. The Morgan fingerprint density at radius 3 is 1.51 bits per heavy atom. The summed E-state index contributed by atoms with van der Waals surface area (Å²) in [7, 11) is 0. The lowest BCUT2D eigenvalue weighted by atomic mass is 9.99. The van der Waals surface area contributed by atoms with E-state index in [1.807, 2.05) is 18.2 Å². The Labute approximate surface area is 432 Å². The minimum absolute atomic E-state index is 0.110. The zero-order chi connectivity index (χ0) is 51.8. The zero-order valence-electron chi connectivity index (χ0n) is 45.1. The molecule has 1 rings (SSSR count). The van der Waals surface area contributed by atoms with Crippen molar-refractivity contribution in [2.24, 2.45) is 0 Å². The van der Waals surface area contributed by atoms with Gasteiger partial charge in [0.05, 0.1) is 25.4 Å². The van der Waals surface area contributed by atoms with Crippen LogP contribution in [0.5, 0.6) is 0 Å². The van der Waals surface area contributed by atoms with E-state index >= 15 is 0 Å². The summed E-state index contributed by atoms with van der Waals surface area (Å²) in [5.41, 5.74) is 0. The van der Waals surface area contributed by atoms with E-state index in [0.29, 0.717) is 12.8 Å². The Kier molecular flexibility index (Phi) is 44.8. The second kappa shape index (κ2) is 48.1. The van der Waals surface area contributed by atoms with E-state index in [0.717, 1.165) is 83.5 Å². The molecule has 0 saturated carbocycles. The molecule has 1 fully saturated rings. The first-order valence-electron chi connectivity index (χ1n) is 28.7. The van der Waals surface area contributed by atoms with Crippen LogP contribution >= 0.6 is 0 Å². The van der Waals surface area contributed by atoms with Crippen molar-refractivity contribution in [2.75, 3.05) is 13.2 Å². The molecule has 71 heavy (non-hydrogen) atoms. The maximum atomic E-state index is 13.3. The van der Waals surface area contributed by atoms with Gasteiger partial charge in [0.15, 0.2) is 12.4 Å². The monoisotopic (exact) mass is 1000 g/mol. The summed E-state index contributed by atoms with van der Waals surface area (Å²) in [6.07, 6.45) is 49.5. The summed E-state index contributed by atoms with van der Waals surface area (Å²) in [6, 6.07) is -1.05. The predicted octanol–water partition coefficient (Wildman–Crippen LogP) is 12.8. The number of hydrogen-bond acceptors (Lipinski definition) is 10. The molecule has 0 spiro atoms. The molecule has 11 nitrogen and oxygen atoms in total. The van der Waals surface area contributed by atoms with Crippen LogP contribution in [0.4, 0.5) is 0 Å². The first kappa shape index (κ1) is 66.1. The van der Waals surface area contributed by atoms with Gasteiger partial charge in [0.1, 0.15) is 24.4 Å². The average molecular weight is 1000 g/mol. The molecule has 6 N–H and O–H groups in total. The summed E-state index contributed by atoms with van der Waals surface area (Å²) in [6.45, 7) is 5.68. The van der Waals surface area contributed by atoms with Gasteiger partial charge in [-0.1, -0.05) is 209 Å². The maximum Gasteiger partial charge on any atom is 0.306 e. The Morgan fingerprint density at radius 2 is 0.972 bits per heavy atom. The molecule has 410 valence electrons. The van der Waals surface area contributed by atoms with Crippen LogP contribution in [0.15, 0.2) is 72.9 Å². The number of ether oxygens (including phenoxy) is 3. The minimum atomic E-state index is -1.63. The molecule has 1 saturated heterocycles. The number of aliphatic hydroxyl groups is 5. The van der Waals surface area contributed by atoms with Crippen molar-refractivity contribution >= 4 is 11.9 Å². The largest absolute Gasteiger partial charge is 0.454 e. The first-order chi connectivity index (χ1) is 34.7. The quantitative estimate of drug-likeness (QED) is 0.0196. The van der Waals surface area contributed by atoms with Gasteiger partial charge in [-0.25, -0.2) is 0 Å². The smallest absolute Gasteiger partial charge is 0.306 e. The summed E-state index contributed by atoms with van der Waals surface area (Å²) in [5, 5.41) is 56.7. The van der Waals surface area contributed by atoms with E-state index < -0.39 is 67.4 Å². The normalized spacial score (nSPS) is 20.1. The highest BCUT2D eigenvalue weighted by Crippen LogP contribution is 2.26. The van der Waals surface area contributed by atoms with Gasteiger partial charge >= 0.3 is 5.97 Å². The molecule has 11 heteroatoms. The number of carbonyl (C=O) groups excluding carboxylic acids is 2. The van der Waals surface area contributed by atoms with E-state index in [1.54, 1.807) is 6.08 Å². The van der Waals surface area contributed by atoms with Crippen molar-refractivity contribution in [3.8, 4) is 0 Å². The molecule has 8 atom stereocenters. The lowest BCUT2D eigenvalue weighted by Crippen LogP contribution is -2.61. The number of nitrogens with one attached hydrogen (secondary N) is 1. The van der Waals surface area contributed by atoms with Crippen LogP contribution in [0.3, 0.4) is 0 Å². The third kappa shape index (κ3) is 36.6. The topological polar surface area (TPSA) is 175 Å². The number of hydrogen-bond donors (Lipinski definition) is 6. The van der Waals surface area contributed by atoms with Gasteiger partial charge in [-0.05, 0) is 89.9 Å². The van der Waals surface area contributed by atoms with Crippen molar-refractivity contribution < 1.29 is 49.3 Å². The molecule has 1 aliphatic heterocycles. The van der Waals surface area contributed by atoms with Crippen LogP contribution in [0, 0.1) is 0 Å². The molecular weight excluding hydrogens is 895 g/mol. The number of carbonyl (C=O) groups is 2. The Bertz CT molecular complexity index is 1430. The number of unbranched alkanes of at least 4 members (excludes halogenated alkanes) is 23. The third-order valence-electron chi connectivity index (χ3n) is 13.1. The summed E-state index contributed by atoms with van der Waals surface area (Å²) in [4.78, 5) is 26.4. The van der Waals surface area contributed by atoms with Crippen LogP contribution in [-0.4, -0.2) is 99.6 Å². The molecule has 0 aliphatic carbocycles. The summed E-state index contributed by atoms with van der Waals surface area (Å²) < 4.78 is 17.5. The Hall–Kier alpha value is -2.90. The standard InChI is InChI=1S/C60H105NO10/c1-4-7-10-13-16-19-22-24-26-28-29-32-35-38-41-44-47-53(64)59(68)61-51(52(63)46-43-40-37-34-31-21-18-15-12-9-6-3)50-69-60-58(57(67)56(66)54(49-62)70-60)71-55(65)48-45-42-39-36-33-30-27-25-23-20-17-14-11-8-5-2/h16,19-20,23-24,26,29,32,38,41,43,46,51-54,56-58,60,62-64,66-67H,4-15,17-18,21-22,25,27-28,30-31,33-37,39-40,42,44-45,47-50H2,1-3H3,(H,61,68)/b19-16-,23-20-,26-24-,32-29-,41-38-,46-43+. The molecule has 0 aromatic rings. The van der Waals surface area contributed by atoms with Crippen LogP contribution in [0.25, 0.3) is 0 Å².